The Morgan fingerprint density at radius 2 is 1.26 bits per heavy atom. The second kappa shape index (κ2) is 5.57. The molecular formula is C13H28O4Si2. The summed E-state index contributed by atoms with van der Waals surface area (Å²) in [7, 11) is -3.54. The van der Waals surface area contributed by atoms with Crippen LogP contribution in [-0.4, -0.2) is 22.4 Å². The van der Waals surface area contributed by atoms with Crippen molar-refractivity contribution >= 4 is 16.6 Å². The highest BCUT2D eigenvalue weighted by atomic mass is 28.4. The van der Waals surface area contributed by atoms with Crippen molar-refractivity contribution in [2.45, 2.75) is 76.7 Å². The van der Waals surface area contributed by atoms with Gasteiger partial charge in [-0.25, -0.2) is 9.78 Å². The summed E-state index contributed by atoms with van der Waals surface area (Å²) >= 11 is 0. The number of hydrogen-bond donors (Lipinski definition) is 0. The van der Waals surface area contributed by atoms with Crippen LogP contribution >= 0.6 is 0 Å². The van der Waals surface area contributed by atoms with E-state index in [9.17, 15) is 0 Å². The molecule has 2 aliphatic rings. The van der Waals surface area contributed by atoms with E-state index >= 15 is 0 Å². The van der Waals surface area contributed by atoms with Gasteiger partial charge in [-0.2, -0.15) is 0 Å². The first-order valence-electron chi connectivity index (χ1n) is 7.46. The van der Waals surface area contributed by atoms with Crippen LogP contribution in [0.3, 0.4) is 0 Å². The smallest absolute Gasteiger partial charge is 0.233 e. The maximum atomic E-state index is 5.83. The topological polar surface area (TPSA) is 36.9 Å². The van der Waals surface area contributed by atoms with E-state index < -0.39 is 22.4 Å². The molecular weight excluding hydrogens is 276 g/mol. The van der Waals surface area contributed by atoms with Crippen LogP contribution in [0.25, 0.3) is 0 Å². The normalized spacial score (nSPS) is 31.4. The monoisotopic (exact) mass is 304 g/mol. The van der Waals surface area contributed by atoms with Gasteiger partial charge in [0.1, 0.15) is 0 Å². The van der Waals surface area contributed by atoms with Gasteiger partial charge < -0.3 is 0 Å². The average Bonchev–Trinajstić information content (AvgIpc) is 2.39. The number of hydrogen-bond acceptors (Lipinski definition) is 4. The maximum Gasteiger partial charge on any atom is 0.233 e. The highest BCUT2D eigenvalue weighted by Gasteiger charge is 2.44. The van der Waals surface area contributed by atoms with E-state index in [4.69, 9.17) is 18.9 Å². The lowest BCUT2D eigenvalue weighted by Gasteiger charge is -2.38. The van der Waals surface area contributed by atoms with Crippen LogP contribution in [0.1, 0.15) is 32.6 Å². The molecule has 112 valence electrons. The molecule has 0 atom stereocenters. The quantitative estimate of drug-likeness (QED) is 0.496. The first kappa shape index (κ1) is 15.7. The molecule has 1 spiro atoms. The summed E-state index contributed by atoms with van der Waals surface area (Å²) in [5.41, 5.74) is 0. The minimum Gasteiger partial charge on any atom is -0.284 e. The molecule has 0 N–H and O–H groups in total. The highest BCUT2D eigenvalue weighted by molar-refractivity contribution is 6.76. The summed E-state index contributed by atoms with van der Waals surface area (Å²) in [6.45, 7) is 11.1. The van der Waals surface area contributed by atoms with Gasteiger partial charge in [-0.1, -0.05) is 6.92 Å². The van der Waals surface area contributed by atoms with Gasteiger partial charge in [-0.05, 0) is 57.0 Å². The predicted octanol–water partition coefficient (Wildman–Crippen LogP) is 4.21. The molecule has 4 nitrogen and oxygen atoms in total. The molecule has 6 heteroatoms. The lowest BCUT2D eigenvalue weighted by molar-refractivity contribution is -0.472. The van der Waals surface area contributed by atoms with Crippen LogP contribution in [0, 0.1) is 5.92 Å². The molecule has 0 aromatic carbocycles. The Balaban J connectivity index is 2.11. The number of rotatable bonds is 0. The summed E-state index contributed by atoms with van der Waals surface area (Å²) < 4.78 is 11.7. The maximum absolute atomic E-state index is 5.83. The molecule has 1 saturated carbocycles. The Kier molecular flexibility index (Phi) is 4.59. The fourth-order valence-corrected chi connectivity index (χ4v) is 8.18. The van der Waals surface area contributed by atoms with Crippen molar-refractivity contribution in [3.63, 3.8) is 0 Å². The van der Waals surface area contributed by atoms with Crippen LogP contribution in [0.5, 0.6) is 0 Å². The molecule has 1 aliphatic carbocycles. The minimum absolute atomic E-state index is 0.661. The zero-order valence-electron chi connectivity index (χ0n) is 13.0. The Hall–Kier alpha value is 0.274. The van der Waals surface area contributed by atoms with E-state index in [0.717, 1.165) is 43.7 Å². The van der Waals surface area contributed by atoms with E-state index in [2.05, 4.69) is 33.1 Å². The summed E-state index contributed by atoms with van der Waals surface area (Å²) in [5, 5.41) is 0. The SMILES string of the molecule is CC1CCC2(CC1)OO[Si](C)(C)CC[Si](C)(C)OO2. The second-order valence-electron chi connectivity index (χ2n) is 7.45. The van der Waals surface area contributed by atoms with Gasteiger partial charge in [0.15, 0.2) is 0 Å². The van der Waals surface area contributed by atoms with Crippen molar-refractivity contribution in [2.75, 3.05) is 0 Å². The molecule has 0 amide bonds. The fourth-order valence-electron chi connectivity index (χ4n) is 2.45. The van der Waals surface area contributed by atoms with Gasteiger partial charge >= 0.3 is 0 Å². The first-order chi connectivity index (χ1) is 8.72. The van der Waals surface area contributed by atoms with Crippen LogP contribution < -0.4 is 0 Å². The van der Waals surface area contributed by atoms with Crippen molar-refractivity contribution in [2.24, 2.45) is 5.92 Å². The molecule has 0 unspecified atom stereocenters. The lowest BCUT2D eigenvalue weighted by atomic mass is 9.86. The van der Waals surface area contributed by atoms with Gasteiger partial charge in [0.25, 0.3) is 0 Å². The van der Waals surface area contributed by atoms with E-state index in [1.165, 1.54) is 0 Å². The molecule has 0 bridgehead atoms. The van der Waals surface area contributed by atoms with Gasteiger partial charge in [-0.3, -0.25) is 9.15 Å². The molecule has 19 heavy (non-hydrogen) atoms. The Morgan fingerprint density at radius 3 is 1.68 bits per heavy atom. The molecule has 0 aromatic heterocycles. The molecule has 1 heterocycles. The predicted molar refractivity (Wildman–Crippen MR) is 79.3 cm³/mol. The molecule has 2 rings (SSSR count). The van der Waals surface area contributed by atoms with E-state index in [1.54, 1.807) is 0 Å². The third-order valence-corrected chi connectivity index (χ3v) is 8.68. The fraction of sp³-hybridized carbons (Fsp3) is 1.00. The van der Waals surface area contributed by atoms with Crippen molar-refractivity contribution in [1.82, 2.24) is 0 Å². The van der Waals surface area contributed by atoms with Crippen molar-refractivity contribution in [1.29, 1.82) is 0 Å². The van der Waals surface area contributed by atoms with Crippen molar-refractivity contribution in [3.8, 4) is 0 Å². The standard InChI is InChI=1S/C13H28O4Si2/c1-12-6-8-13(9-7-12)14-16-18(2,3)10-11-19(4,5)17-15-13/h12H,6-11H2,1-5H3. The molecule has 2 fully saturated rings. The second-order valence-corrected chi connectivity index (χ2v) is 15.8. The molecule has 0 aromatic rings. The van der Waals surface area contributed by atoms with Crippen molar-refractivity contribution in [3.05, 3.63) is 0 Å². The summed E-state index contributed by atoms with van der Waals surface area (Å²) in [6.07, 6.45) is 3.94. The molecule has 0 radical (unpaired) electrons. The zero-order valence-corrected chi connectivity index (χ0v) is 15.0. The largest absolute Gasteiger partial charge is 0.284 e. The Labute approximate surface area is 118 Å². The minimum atomic E-state index is -1.77. The zero-order chi connectivity index (χ0) is 14.1. The van der Waals surface area contributed by atoms with Gasteiger partial charge in [-0.15, -0.1) is 0 Å². The van der Waals surface area contributed by atoms with Gasteiger partial charge in [0.05, 0.1) is 0 Å². The highest BCUT2D eigenvalue weighted by Crippen LogP contribution is 2.39. The molecule has 1 aliphatic heterocycles. The summed E-state index contributed by atoms with van der Waals surface area (Å²) in [6, 6.07) is 2.14. The van der Waals surface area contributed by atoms with Crippen LogP contribution in [0.4, 0.5) is 0 Å². The van der Waals surface area contributed by atoms with Gasteiger partial charge in [0.2, 0.25) is 22.4 Å². The Bertz CT molecular complexity index is 290. The third-order valence-electron chi connectivity index (χ3n) is 4.20. The van der Waals surface area contributed by atoms with Crippen molar-refractivity contribution < 1.29 is 18.9 Å². The van der Waals surface area contributed by atoms with Crippen LogP contribution in [0.2, 0.25) is 38.3 Å². The van der Waals surface area contributed by atoms with Crippen LogP contribution in [-0.2, 0) is 18.9 Å². The van der Waals surface area contributed by atoms with Crippen LogP contribution in [0.15, 0.2) is 0 Å². The van der Waals surface area contributed by atoms with Gasteiger partial charge in [0, 0.05) is 12.8 Å². The molecule has 1 saturated heterocycles. The summed E-state index contributed by atoms with van der Waals surface area (Å²) in [4.78, 5) is 11.6. The summed E-state index contributed by atoms with van der Waals surface area (Å²) in [5.74, 6) is 0.0757. The average molecular weight is 305 g/mol. The van der Waals surface area contributed by atoms with E-state index in [1.807, 2.05) is 0 Å². The Morgan fingerprint density at radius 1 is 0.842 bits per heavy atom. The first-order valence-corrected chi connectivity index (χ1v) is 13.7. The lowest BCUT2D eigenvalue weighted by Crippen LogP contribution is -2.44. The van der Waals surface area contributed by atoms with E-state index in [-0.39, 0.29) is 0 Å². The third kappa shape index (κ3) is 4.37. The van der Waals surface area contributed by atoms with E-state index in [0.29, 0.717) is 0 Å².